The molecule has 0 bridgehead atoms. The van der Waals surface area contributed by atoms with Crippen molar-refractivity contribution in [2.45, 2.75) is 6.42 Å². The summed E-state index contributed by atoms with van der Waals surface area (Å²) in [5, 5.41) is 2.52. The molecule has 0 saturated heterocycles. The minimum atomic E-state index is -0.506. The minimum Gasteiger partial charge on any atom is -0.319 e. The third-order valence-corrected chi connectivity index (χ3v) is 1.87. The highest BCUT2D eigenvalue weighted by molar-refractivity contribution is 6.42. The van der Waals surface area contributed by atoms with E-state index in [4.69, 9.17) is 0 Å². The fourth-order valence-electron chi connectivity index (χ4n) is 1.24. The van der Waals surface area contributed by atoms with Gasteiger partial charge in [0.05, 0.1) is 0 Å². The lowest BCUT2D eigenvalue weighted by Crippen LogP contribution is -2.29. The van der Waals surface area contributed by atoms with Crippen LogP contribution in [0.1, 0.15) is 5.56 Å². The van der Waals surface area contributed by atoms with Gasteiger partial charge in [-0.25, -0.2) is 0 Å². The van der Waals surface area contributed by atoms with E-state index in [1.807, 2.05) is 18.2 Å². The van der Waals surface area contributed by atoms with Gasteiger partial charge >= 0.3 is 0 Å². The lowest BCUT2D eigenvalue weighted by Gasteiger charge is -2.14. The summed E-state index contributed by atoms with van der Waals surface area (Å²) in [6.07, 6.45) is 0.224. The second-order valence-corrected chi connectivity index (χ2v) is 2.71. The maximum atomic E-state index is 10.9. The van der Waals surface area contributed by atoms with Crippen LogP contribution in [0.4, 0.5) is 5.69 Å². The Kier molecular flexibility index (Phi) is 1.43. The lowest BCUT2D eigenvalue weighted by molar-refractivity contribution is -0.134. The van der Waals surface area contributed by atoms with E-state index in [2.05, 4.69) is 5.32 Å². The third-order valence-electron chi connectivity index (χ3n) is 1.87. The van der Waals surface area contributed by atoms with Gasteiger partial charge < -0.3 is 5.32 Å². The third kappa shape index (κ3) is 0.993. The topological polar surface area (TPSA) is 46.2 Å². The zero-order valence-corrected chi connectivity index (χ0v) is 6.33. The van der Waals surface area contributed by atoms with Gasteiger partial charge in [-0.1, -0.05) is 18.2 Å². The highest BCUT2D eigenvalue weighted by atomic mass is 16.2. The van der Waals surface area contributed by atoms with Crippen LogP contribution in [0.25, 0.3) is 0 Å². The quantitative estimate of drug-likeness (QED) is 0.571. The molecule has 1 aromatic rings. The normalized spacial score (nSPS) is 15.3. The summed E-state index contributed by atoms with van der Waals surface area (Å²) in [5.41, 5.74) is 1.64. The van der Waals surface area contributed by atoms with Crippen molar-refractivity contribution < 1.29 is 9.59 Å². The molecule has 12 heavy (non-hydrogen) atoms. The molecular weight excluding hydrogens is 154 g/mol. The standard InChI is InChI=1S/C9H7NO2/c11-8-5-6-3-1-2-4-7(6)10-9(8)12/h1-4H,5H2,(H,10,12). The van der Waals surface area contributed by atoms with Crippen LogP contribution in [0.5, 0.6) is 0 Å². The van der Waals surface area contributed by atoms with Gasteiger partial charge in [0.25, 0.3) is 5.91 Å². The second kappa shape index (κ2) is 2.44. The molecule has 0 atom stereocenters. The molecule has 1 amide bonds. The number of rotatable bonds is 0. The van der Waals surface area contributed by atoms with Crippen LogP contribution in [0.2, 0.25) is 0 Å². The van der Waals surface area contributed by atoms with Crippen molar-refractivity contribution in [3.05, 3.63) is 29.8 Å². The van der Waals surface area contributed by atoms with E-state index in [9.17, 15) is 9.59 Å². The second-order valence-electron chi connectivity index (χ2n) is 2.71. The Morgan fingerprint density at radius 1 is 1.17 bits per heavy atom. The van der Waals surface area contributed by atoms with Gasteiger partial charge in [0, 0.05) is 12.1 Å². The summed E-state index contributed by atoms with van der Waals surface area (Å²) in [6.45, 7) is 0. The van der Waals surface area contributed by atoms with Crippen molar-refractivity contribution in [1.29, 1.82) is 0 Å². The summed E-state index contributed by atoms with van der Waals surface area (Å²) in [5.74, 6) is -0.873. The molecule has 1 N–H and O–H groups in total. The number of nitrogens with one attached hydrogen (secondary N) is 1. The van der Waals surface area contributed by atoms with Crippen LogP contribution in [-0.4, -0.2) is 11.7 Å². The monoisotopic (exact) mass is 161 g/mol. The van der Waals surface area contributed by atoms with Crippen molar-refractivity contribution in [2.24, 2.45) is 0 Å². The van der Waals surface area contributed by atoms with E-state index in [1.165, 1.54) is 0 Å². The lowest BCUT2D eigenvalue weighted by atomic mass is 10.0. The van der Waals surface area contributed by atoms with Crippen molar-refractivity contribution in [3.63, 3.8) is 0 Å². The molecule has 60 valence electrons. The Morgan fingerprint density at radius 2 is 1.92 bits per heavy atom. The van der Waals surface area contributed by atoms with Gasteiger partial charge in [-0.3, -0.25) is 9.59 Å². The van der Waals surface area contributed by atoms with E-state index >= 15 is 0 Å². The number of amides is 1. The summed E-state index contributed by atoms with van der Waals surface area (Å²) in [4.78, 5) is 21.8. The van der Waals surface area contributed by atoms with E-state index in [1.54, 1.807) is 6.07 Å². The van der Waals surface area contributed by atoms with Crippen LogP contribution < -0.4 is 5.32 Å². The Bertz CT molecular complexity index is 322. The number of carbonyl (C=O) groups excluding carboxylic acids is 2. The Balaban J connectivity index is 2.47. The zero-order valence-electron chi connectivity index (χ0n) is 6.33. The number of anilines is 1. The zero-order chi connectivity index (χ0) is 8.55. The molecule has 1 aliphatic rings. The van der Waals surface area contributed by atoms with E-state index in [0.717, 1.165) is 11.3 Å². The minimum absolute atomic E-state index is 0.224. The number of fused-ring (bicyclic) bond motifs is 1. The first-order valence-corrected chi connectivity index (χ1v) is 3.69. The van der Waals surface area contributed by atoms with Crippen LogP contribution in [-0.2, 0) is 16.0 Å². The molecule has 0 saturated carbocycles. The molecule has 0 radical (unpaired) electrons. The average molecular weight is 161 g/mol. The summed E-state index contributed by atoms with van der Waals surface area (Å²) >= 11 is 0. The molecule has 1 heterocycles. The Hall–Kier alpha value is -1.64. The number of Topliss-reactive ketones (excluding diaryl/α,β-unsaturated/α-hetero) is 1. The number of ketones is 1. The van der Waals surface area contributed by atoms with Gasteiger partial charge in [0.2, 0.25) is 5.78 Å². The van der Waals surface area contributed by atoms with Gasteiger partial charge in [0.1, 0.15) is 0 Å². The smallest absolute Gasteiger partial charge is 0.292 e. The predicted molar refractivity (Wildman–Crippen MR) is 43.8 cm³/mol. The van der Waals surface area contributed by atoms with Gasteiger partial charge in [0.15, 0.2) is 0 Å². The van der Waals surface area contributed by atoms with Crippen LogP contribution >= 0.6 is 0 Å². The molecule has 0 spiro atoms. The Morgan fingerprint density at radius 3 is 2.75 bits per heavy atom. The molecule has 1 aromatic carbocycles. The highest BCUT2D eigenvalue weighted by Crippen LogP contribution is 2.19. The predicted octanol–water partition coefficient (Wildman–Crippen LogP) is 0.750. The van der Waals surface area contributed by atoms with Crippen LogP contribution in [0.15, 0.2) is 24.3 Å². The first-order chi connectivity index (χ1) is 5.77. The van der Waals surface area contributed by atoms with Crippen molar-refractivity contribution >= 4 is 17.4 Å². The highest BCUT2D eigenvalue weighted by Gasteiger charge is 2.21. The van der Waals surface area contributed by atoms with Crippen LogP contribution in [0.3, 0.4) is 0 Å². The first kappa shape index (κ1) is 7.03. The molecule has 2 rings (SSSR count). The average Bonchev–Trinajstić information content (AvgIpc) is 2.07. The molecule has 0 unspecified atom stereocenters. The number of hydrogen-bond acceptors (Lipinski definition) is 2. The van der Waals surface area contributed by atoms with E-state index < -0.39 is 5.91 Å². The summed E-state index contributed by atoms with van der Waals surface area (Å²) in [7, 11) is 0. The van der Waals surface area contributed by atoms with E-state index in [0.29, 0.717) is 0 Å². The number of benzene rings is 1. The van der Waals surface area contributed by atoms with Crippen molar-refractivity contribution in [1.82, 2.24) is 0 Å². The van der Waals surface area contributed by atoms with Gasteiger partial charge in [-0.2, -0.15) is 0 Å². The van der Waals surface area contributed by atoms with Crippen molar-refractivity contribution in [3.8, 4) is 0 Å². The van der Waals surface area contributed by atoms with Gasteiger partial charge in [-0.05, 0) is 11.6 Å². The van der Waals surface area contributed by atoms with Gasteiger partial charge in [-0.15, -0.1) is 0 Å². The molecular formula is C9H7NO2. The van der Waals surface area contributed by atoms with Crippen LogP contribution in [0, 0.1) is 0 Å². The molecule has 0 fully saturated rings. The number of carbonyl (C=O) groups is 2. The molecule has 3 heteroatoms. The Labute approximate surface area is 69.4 Å². The molecule has 3 nitrogen and oxygen atoms in total. The maximum Gasteiger partial charge on any atom is 0.292 e. The SMILES string of the molecule is O=C1Cc2ccccc2NC1=O. The summed E-state index contributed by atoms with van der Waals surface area (Å²) in [6, 6.07) is 7.31. The molecule has 1 aliphatic heterocycles. The fraction of sp³-hybridized carbons (Fsp3) is 0.111. The first-order valence-electron chi connectivity index (χ1n) is 3.69. The summed E-state index contributed by atoms with van der Waals surface area (Å²) < 4.78 is 0. The van der Waals surface area contributed by atoms with Crippen molar-refractivity contribution in [2.75, 3.05) is 5.32 Å². The maximum absolute atomic E-state index is 10.9. The fourth-order valence-corrected chi connectivity index (χ4v) is 1.24. The molecule has 0 aliphatic carbocycles. The largest absolute Gasteiger partial charge is 0.319 e. The van der Waals surface area contributed by atoms with E-state index in [-0.39, 0.29) is 12.2 Å². The number of hydrogen-bond donors (Lipinski definition) is 1. The number of para-hydroxylation sites is 1. The molecule has 0 aromatic heterocycles.